The molecule has 22 heavy (non-hydrogen) atoms. The second-order valence-electron chi connectivity index (χ2n) is 6.28. The van der Waals surface area contributed by atoms with Gasteiger partial charge in [0, 0.05) is 19.0 Å². The molecule has 1 N–H and O–H groups in total. The Morgan fingerprint density at radius 1 is 1.36 bits per heavy atom. The summed E-state index contributed by atoms with van der Waals surface area (Å²) in [6.45, 7) is 4.16. The number of nitrogens with zero attached hydrogens (tertiary/aromatic N) is 1. The minimum absolute atomic E-state index is 0.00992. The van der Waals surface area contributed by atoms with Crippen LogP contribution in [0, 0.1) is 5.82 Å². The summed E-state index contributed by atoms with van der Waals surface area (Å²) in [4.78, 5) is 14.4. The third kappa shape index (κ3) is 3.65. The average Bonchev–Trinajstić information content (AvgIpc) is 3.00. The Balaban J connectivity index is 1.64. The van der Waals surface area contributed by atoms with Crippen LogP contribution < -0.4 is 5.32 Å². The Hall–Kier alpha value is -1.46. The lowest BCUT2D eigenvalue weighted by atomic mass is 10.1. The van der Waals surface area contributed by atoms with Crippen LogP contribution in [0.25, 0.3) is 0 Å². The fourth-order valence-corrected chi connectivity index (χ4v) is 3.29. The molecule has 1 amide bonds. The van der Waals surface area contributed by atoms with E-state index in [1.165, 1.54) is 12.1 Å². The molecular formula is C17H23FN2O2. The Morgan fingerprint density at radius 3 is 2.82 bits per heavy atom. The van der Waals surface area contributed by atoms with Crippen LogP contribution in [0.5, 0.6) is 0 Å². The van der Waals surface area contributed by atoms with Gasteiger partial charge in [0.15, 0.2) is 0 Å². The van der Waals surface area contributed by atoms with Gasteiger partial charge in [-0.25, -0.2) is 4.39 Å². The summed E-state index contributed by atoms with van der Waals surface area (Å²) < 4.78 is 19.0. The fourth-order valence-electron chi connectivity index (χ4n) is 3.29. The zero-order chi connectivity index (χ0) is 15.5. The van der Waals surface area contributed by atoms with Crippen molar-refractivity contribution in [3.63, 3.8) is 0 Å². The first-order chi connectivity index (χ1) is 10.6. The minimum atomic E-state index is -0.257. The molecule has 120 valence electrons. The zero-order valence-electron chi connectivity index (χ0n) is 12.9. The molecule has 0 bridgehead atoms. The Bertz CT molecular complexity index is 514. The van der Waals surface area contributed by atoms with E-state index in [9.17, 15) is 9.18 Å². The van der Waals surface area contributed by atoms with Crippen molar-refractivity contribution in [1.29, 1.82) is 0 Å². The fraction of sp³-hybridized carbons (Fsp3) is 0.588. The lowest BCUT2D eigenvalue weighted by Gasteiger charge is -2.37. The number of nitrogens with one attached hydrogen (secondary N) is 1. The minimum Gasteiger partial charge on any atom is -0.367 e. The summed E-state index contributed by atoms with van der Waals surface area (Å²) in [7, 11) is 0. The third-order valence-electron chi connectivity index (χ3n) is 4.44. The molecule has 0 aromatic heterocycles. The first-order valence-electron chi connectivity index (χ1n) is 8.04. The molecule has 0 spiro atoms. The van der Waals surface area contributed by atoms with Gasteiger partial charge in [-0.05, 0) is 44.0 Å². The first-order valence-corrected chi connectivity index (χ1v) is 8.04. The lowest BCUT2D eigenvalue weighted by molar-refractivity contribution is -0.145. The number of hydrogen-bond acceptors (Lipinski definition) is 3. The van der Waals surface area contributed by atoms with E-state index >= 15 is 0 Å². The summed E-state index contributed by atoms with van der Waals surface area (Å²) in [5.74, 6) is -0.0745. The highest BCUT2D eigenvalue weighted by Crippen LogP contribution is 2.26. The molecule has 3 atom stereocenters. The molecule has 2 fully saturated rings. The van der Waals surface area contributed by atoms with Crippen molar-refractivity contribution in [3.8, 4) is 0 Å². The van der Waals surface area contributed by atoms with E-state index < -0.39 is 0 Å². The highest BCUT2D eigenvalue weighted by Gasteiger charge is 2.30. The van der Waals surface area contributed by atoms with Gasteiger partial charge in [-0.3, -0.25) is 4.79 Å². The summed E-state index contributed by atoms with van der Waals surface area (Å²) >= 11 is 0. The van der Waals surface area contributed by atoms with Gasteiger partial charge in [0.05, 0.1) is 12.6 Å². The van der Waals surface area contributed by atoms with E-state index in [2.05, 4.69) is 5.32 Å². The van der Waals surface area contributed by atoms with Gasteiger partial charge in [0.25, 0.3) is 0 Å². The summed E-state index contributed by atoms with van der Waals surface area (Å²) in [6.07, 6.45) is 2.60. The standard InChI is InChI=1S/C17H23FN2O2/c1-12-10-20(17(21)9-15-3-2-8-19-15)11-16(22-12)13-4-6-14(18)7-5-13/h4-7,12,15-16,19H,2-3,8-11H2,1H3. The number of carbonyl (C=O) groups excluding carboxylic acids is 1. The number of ether oxygens (including phenoxy) is 1. The predicted molar refractivity (Wildman–Crippen MR) is 81.9 cm³/mol. The number of carbonyl (C=O) groups is 1. The molecule has 2 heterocycles. The van der Waals surface area contributed by atoms with Gasteiger partial charge >= 0.3 is 0 Å². The highest BCUT2D eigenvalue weighted by molar-refractivity contribution is 5.77. The Morgan fingerprint density at radius 2 is 2.14 bits per heavy atom. The predicted octanol–water partition coefficient (Wildman–Crippen LogP) is 2.26. The number of halogens is 1. The number of amides is 1. The zero-order valence-corrected chi connectivity index (χ0v) is 12.9. The van der Waals surface area contributed by atoms with Crippen molar-refractivity contribution in [2.45, 2.75) is 44.4 Å². The summed E-state index contributed by atoms with van der Waals surface area (Å²) in [5.41, 5.74) is 0.921. The molecule has 3 rings (SSSR count). The van der Waals surface area contributed by atoms with Gasteiger partial charge in [0.2, 0.25) is 5.91 Å². The maximum atomic E-state index is 13.1. The van der Waals surface area contributed by atoms with Gasteiger partial charge in [-0.2, -0.15) is 0 Å². The van der Waals surface area contributed by atoms with E-state index in [4.69, 9.17) is 4.74 Å². The van der Waals surface area contributed by atoms with Crippen LogP contribution in [0.15, 0.2) is 24.3 Å². The largest absolute Gasteiger partial charge is 0.367 e. The molecule has 1 aromatic rings. The third-order valence-corrected chi connectivity index (χ3v) is 4.44. The Kier molecular flexibility index (Phi) is 4.74. The maximum absolute atomic E-state index is 13.1. The second kappa shape index (κ2) is 6.75. The van der Waals surface area contributed by atoms with Gasteiger partial charge < -0.3 is 15.0 Å². The monoisotopic (exact) mass is 306 g/mol. The van der Waals surface area contributed by atoms with E-state index in [0.29, 0.717) is 25.6 Å². The molecule has 0 saturated carbocycles. The lowest BCUT2D eigenvalue weighted by Crippen LogP contribution is -2.47. The van der Waals surface area contributed by atoms with Gasteiger partial charge in [-0.1, -0.05) is 12.1 Å². The molecule has 0 radical (unpaired) electrons. The molecule has 2 aliphatic heterocycles. The van der Waals surface area contributed by atoms with E-state index in [0.717, 1.165) is 24.9 Å². The molecule has 2 saturated heterocycles. The van der Waals surface area contributed by atoms with E-state index in [1.807, 2.05) is 11.8 Å². The van der Waals surface area contributed by atoms with E-state index in [-0.39, 0.29) is 23.9 Å². The number of morpholine rings is 1. The van der Waals surface area contributed by atoms with Crippen LogP contribution in [0.3, 0.4) is 0 Å². The smallest absolute Gasteiger partial charge is 0.224 e. The molecule has 1 aromatic carbocycles. The van der Waals surface area contributed by atoms with Crippen LogP contribution in [-0.4, -0.2) is 42.6 Å². The summed E-state index contributed by atoms with van der Waals surface area (Å²) in [5, 5.41) is 3.37. The summed E-state index contributed by atoms with van der Waals surface area (Å²) in [6, 6.07) is 6.66. The molecule has 4 nitrogen and oxygen atoms in total. The van der Waals surface area contributed by atoms with Crippen molar-refractivity contribution in [1.82, 2.24) is 10.2 Å². The van der Waals surface area contributed by atoms with Gasteiger partial charge in [0.1, 0.15) is 11.9 Å². The molecule has 3 unspecified atom stereocenters. The van der Waals surface area contributed by atoms with Crippen molar-refractivity contribution in [2.75, 3.05) is 19.6 Å². The molecular weight excluding hydrogens is 283 g/mol. The van der Waals surface area contributed by atoms with Crippen LogP contribution in [-0.2, 0) is 9.53 Å². The van der Waals surface area contributed by atoms with Crippen molar-refractivity contribution in [2.24, 2.45) is 0 Å². The molecule has 0 aliphatic carbocycles. The Labute approximate surface area is 130 Å². The topological polar surface area (TPSA) is 41.6 Å². The van der Waals surface area contributed by atoms with Crippen molar-refractivity contribution < 1.29 is 13.9 Å². The molecule has 2 aliphatic rings. The SMILES string of the molecule is CC1CN(C(=O)CC2CCCN2)CC(c2ccc(F)cc2)O1. The van der Waals surface area contributed by atoms with E-state index in [1.54, 1.807) is 12.1 Å². The number of rotatable bonds is 3. The normalized spacial score (nSPS) is 28.8. The van der Waals surface area contributed by atoms with Crippen LogP contribution >= 0.6 is 0 Å². The van der Waals surface area contributed by atoms with Gasteiger partial charge in [-0.15, -0.1) is 0 Å². The first kappa shape index (κ1) is 15.4. The number of benzene rings is 1. The number of hydrogen-bond donors (Lipinski definition) is 1. The maximum Gasteiger partial charge on any atom is 0.224 e. The highest BCUT2D eigenvalue weighted by atomic mass is 19.1. The van der Waals surface area contributed by atoms with Crippen molar-refractivity contribution in [3.05, 3.63) is 35.6 Å². The quantitative estimate of drug-likeness (QED) is 0.931. The van der Waals surface area contributed by atoms with Crippen LogP contribution in [0.2, 0.25) is 0 Å². The molecule has 5 heteroatoms. The second-order valence-corrected chi connectivity index (χ2v) is 6.28. The van der Waals surface area contributed by atoms with Crippen LogP contribution in [0.1, 0.15) is 37.9 Å². The average molecular weight is 306 g/mol. The van der Waals surface area contributed by atoms with Crippen molar-refractivity contribution >= 4 is 5.91 Å². The van der Waals surface area contributed by atoms with Crippen LogP contribution in [0.4, 0.5) is 4.39 Å².